The minimum Gasteiger partial charge on any atom is -0.481 e. The summed E-state index contributed by atoms with van der Waals surface area (Å²) < 4.78 is 0. The van der Waals surface area contributed by atoms with Gasteiger partial charge in [-0.05, 0) is 38.5 Å². The number of carboxylic acid groups (broad SMARTS) is 1. The van der Waals surface area contributed by atoms with Crippen molar-refractivity contribution in [3.8, 4) is 0 Å². The molecule has 3 heteroatoms. The molecule has 0 aliphatic carbocycles. The molecule has 1 atom stereocenters. The van der Waals surface area contributed by atoms with Gasteiger partial charge in [0.2, 0.25) is 0 Å². The van der Waals surface area contributed by atoms with Crippen molar-refractivity contribution in [2.45, 2.75) is 122 Å². The SMILES string of the molecule is CCCCCCC(O)CCC=CCCCCCCCCCCC(=O)O. The summed E-state index contributed by atoms with van der Waals surface area (Å²) in [5.41, 5.74) is 0. The van der Waals surface area contributed by atoms with E-state index in [1.54, 1.807) is 0 Å². The van der Waals surface area contributed by atoms with Crippen LogP contribution in [0.25, 0.3) is 0 Å². The second-order valence-electron chi connectivity index (χ2n) is 7.31. The van der Waals surface area contributed by atoms with Gasteiger partial charge in [0, 0.05) is 6.42 Å². The molecule has 0 aromatic heterocycles. The normalized spacial score (nSPS) is 12.7. The summed E-state index contributed by atoms with van der Waals surface area (Å²) in [5, 5.41) is 18.4. The zero-order valence-corrected chi connectivity index (χ0v) is 16.6. The van der Waals surface area contributed by atoms with Crippen LogP contribution in [0.3, 0.4) is 0 Å². The molecule has 0 aliphatic heterocycles. The van der Waals surface area contributed by atoms with Crippen LogP contribution in [-0.4, -0.2) is 22.3 Å². The Morgan fingerprint density at radius 2 is 1.32 bits per heavy atom. The average molecular weight is 355 g/mol. The summed E-state index contributed by atoms with van der Waals surface area (Å²) in [4.78, 5) is 10.4. The Kier molecular flexibility index (Phi) is 18.8. The van der Waals surface area contributed by atoms with Crippen molar-refractivity contribution < 1.29 is 15.0 Å². The Balaban J connectivity index is 3.21. The van der Waals surface area contributed by atoms with Gasteiger partial charge in [0.1, 0.15) is 0 Å². The quantitative estimate of drug-likeness (QED) is 0.202. The average Bonchev–Trinajstić information content (AvgIpc) is 2.58. The Bertz CT molecular complexity index is 312. The van der Waals surface area contributed by atoms with Crippen LogP contribution in [0.1, 0.15) is 116 Å². The molecule has 0 saturated heterocycles. The molecular formula is C22H42O3. The van der Waals surface area contributed by atoms with E-state index in [1.165, 1.54) is 57.8 Å². The van der Waals surface area contributed by atoms with E-state index in [9.17, 15) is 9.90 Å². The molecule has 25 heavy (non-hydrogen) atoms. The Morgan fingerprint density at radius 1 is 0.760 bits per heavy atom. The highest BCUT2D eigenvalue weighted by atomic mass is 16.4. The van der Waals surface area contributed by atoms with E-state index in [2.05, 4.69) is 19.1 Å². The third kappa shape index (κ3) is 21.1. The molecule has 0 rings (SSSR count). The topological polar surface area (TPSA) is 57.5 Å². The van der Waals surface area contributed by atoms with E-state index in [1.807, 2.05) is 0 Å². The number of hydrogen-bond donors (Lipinski definition) is 2. The van der Waals surface area contributed by atoms with Crippen LogP contribution < -0.4 is 0 Å². The molecule has 0 saturated carbocycles. The minimum atomic E-state index is -0.672. The van der Waals surface area contributed by atoms with Gasteiger partial charge >= 0.3 is 5.97 Å². The number of carboxylic acids is 1. The summed E-state index contributed by atoms with van der Waals surface area (Å²) in [5.74, 6) is -0.672. The molecule has 1 unspecified atom stereocenters. The van der Waals surface area contributed by atoms with Gasteiger partial charge in [-0.3, -0.25) is 4.79 Å². The molecule has 148 valence electrons. The van der Waals surface area contributed by atoms with Crippen LogP contribution in [-0.2, 0) is 4.79 Å². The summed E-state index contributed by atoms with van der Waals surface area (Å²) in [6.45, 7) is 2.21. The molecular weight excluding hydrogens is 312 g/mol. The molecule has 0 aromatic rings. The summed E-state index contributed by atoms with van der Waals surface area (Å²) in [6, 6.07) is 0. The van der Waals surface area contributed by atoms with Gasteiger partial charge in [-0.1, -0.05) is 83.3 Å². The van der Waals surface area contributed by atoms with Crippen LogP contribution in [0.2, 0.25) is 0 Å². The lowest BCUT2D eigenvalue weighted by atomic mass is 10.0. The second kappa shape index (κ2) is 19.5. The highest BCUT2D eigenvalue weighted by Crippen LogP contribution is 2.12. The molecule has 2 N–H and O–H groups in total. The first-order chi connectivity index (χ1) is 12.2. The molecule has 0 heterocycles. The second-order valence-corrected chi connectivity index (χ2v) is 7.31. The Labute approximate surface area is 155 Å². The zero-order valence-electron chi connectivity index (χ0n) is 16.6. The summed E-state index contributed by atoms with van der Waals surface area (Å²) in [7, 11) is 0. The predicted molar refractivity (Wildman–Crippen MR) is 107 cm³/mol. The molecule has 0 fully saturated rings. The van der Waals surface area contributed by atoms with Crippen molar-refractivity contribution >= 4 is 5.97 Å². The predicted octanol–water partition coefficient (Wildman–Crippen LogP) is 6.64. The number of hydrogen-bond acceptors (Lipinski definition) is 2. The first-order valence-electron chi connectivity index (χ1n) is 10.7. The molecule has 3 nitrogen and oxygen atoms in total. The molecule has 0 amide bonds. The number of aliphatic carboxylic acids is 1. The lowest BCUT2D eigenvalue weighted by Gasteiger charge is -2.08. The van der Waals surface area contributed by atoms with Crippen LogP contribution >= 0.6 is 0 Å². The van der Waals surface area contributed by atoms with Gasteiger partial charge in [0.15, 0.2) is 0 Å². The van der Waals surface area contributed by atoms with Crippen molar-refractivity contribution in [1.29, 1.82) is 0 Å². The largest absolute Gasteiger partial charge is 0.481 e. The third-order valence-electron chi connectivity index (χ3n) is 4.74. The van der Waals surface area contributed by atoms with Gasteiger partial charge in [-0.15, -0.1) is 0 Å². The van der Waals surface area contributed by atoms with Crippen molar-refractivity contribution in [3.63, 3.8) is 0 Å². The molecule has 0 radical (unpaired) electrons. The van der Waals surface area contributed by atoms with Crippen LogP contribution in [0.15, 0.2) is 12.2 Å². The maximum atomic E-state index is 10.4. The van der Waals surface area contributed by atoms with E-state index < -0.39 is 5.97 Å². The number of aliphatic hydroxyl groups excluding tert-OH is 1. The third-order valence-corrected chi connectivity index (χ3v) is 4.74. The van der Waals surface area contributed by atoms with Gasteiger partial charge in [0.05, 0.1) is 6.10 Å². The highest BCUT2D eigenvalue weighted by Gasteiger charge is 2.01. The monoisotopic (exact) mass is 354 g/mol. The highest BCUT2D eigenvalue weighted by molar-refractivity contribution is 5.66. The van der Waals surface area contributed by atoms with E-state index in [-0.39, 0.29) is 6.10 Å². The van der Waals surface area contributed by atoms with Gasteiger partial charge in [0.25, 0.3) is 0 Å². The standard InChI is InChI=1S/C22H42O3/c1-2-3-4-15-18-21(23)19-16-13-11-9-7-5-6-8-10-12-14-17-20-22(24)25/h11,13,21,23H,2-10,12,14-20H2,1H3,(H,24,25). The summed E-state index contributed by atoms with van der Waals surface area (Å²) >= 11 is 0. The molecule has 0 spiro atoms. The first-order valence-corrected chi connectivity index (χ1v) is 10.7. The van der Waals surface area contributed by atoms with Gasteiger partial charge in [-0.2, -0.15) is 0 Å². The van der Waals surface area contributed by atoms with Crippen LogP contribution in [0.5, 0.6) is 0 Å². The molecule has 0 aromatic carbocycles. The number of carbonyl (C=O) groups is 1. The fourth-order valence-electron chi connectivity index (χ4n) is 3.07. The lowest BCUT2D eigenvalue weighted by Crippen LogP contribution is -2.05. The Morgan fingerprint density at radius 3 is 1.96 bits per heavy atom. The fourth-order valence-corrected chi connectivity index (χ4v) is 3.07. The number of allylic oxidation sites excluding steroid dienone is 2. The maximum Gasteiger partial charge on any atom is 0.303 e. The first kappa shape index (κ1) is 24.2. The van der Waals surface area contributed by atoms with Crippen molar-refractivity contribution in [2.75, 3.05) is 0 Å². The van der Waals surface area contributed by atoms with E-state index >= 15 is 0 Å². The van der Waals surface area contributed by atoms with E-state index in [4.69, 9.17) is 5.11 Å². The number of aliphatic hydroxyl groups is 1. The number of unbranched alkanes of at least 4 members (excludes halogenated alkanes) is 11. The van der Waals surface area contributed by atoms with E-state index in [0.29, 0.717) is 6.42 Å². The van der Waals surface area contributed by atoms with Crippen LogP contribution in [0.4, 0.5) is 0 Å². The van der Waals surface area contributed by atoms with Crippen molar-refractivity contribution in [3.05, 3.63) is 12.2 Å². The van der Waals surface area contributed by atoms with Crippen molar-refractivity contribution in [1.82, 2.24) is 0 Å². The smallest absolute Gasteiger partial charge is 0.303 e. The van der Waals surface area contributed by atoms with Crippen LogP contribution in [0, 0.1) is 0 Å². The Hall–Kier alpha value is -0.830. The number of rotatable bonds is 19. The minimum absolute atomic E-state index is 0.114. The maximum absolute atomic E-state index is 10.4. The zero-order chi connectivity index (χ0) is 18.6. The fraction of sp³-hybridized carbons (Fsp3) is 0.864. The molecule has 0 bridgehead atoms. The molecule has 0 aliphatic rings. The van der Waals surface area contributed by atoms with Gasteiger partial charge in [-0.25, -0.2) is 0 Å². The lowest BCUT2D eigenvalue weighted by molar-refractivity contribution is -0.137. The van der Waals surface area contributed by atoms with E-state index in [0.717, 1.165) is 44.9 Å². The van der Waals surface area contributed by atoms with Gasteiger partial charge < -0.3 is 10.2 Å². The summed E-state index contributed by atoms with van der Waals surface area (Å²) in [6.07, 6.45) is 23.1. The van der Waals surface area contributed by atoms with Crippen molar-refractivity contribution in [2.24, 2.45) is 0 Å².